The zero-order valence-corrected chi connectivity index (χ0v) is 12.6. The van der Waals surface area contributed by atoms with E-state index >= 15 is 0 Å². The van der Waals surface area contributed by atoms with Crippen LogP contribution in [0, 0.1) is 6.92 Å². The number of nitrogens with two attached hydrogens (primary N) is 1. The van der Waals surface area contributed by atoms with Crippen LogP contribution in [0.3, 0.4) is 0 Å². The van der Waals surface area contributed by atoms with E-state index in [0.717, 1.165) is 27.7 Å². The number of benzene rings is 3. The number of fused-ring (bicyclic) bond motifs is 1. The Balaban J connectivity index is 2.14. The molecule has 0 atom stereocenters. The number of nitrogens with one attached hydrogen (secondary N) is 1. The van der Waals surface area contributed by atoms with Crippen molar-refractivity contribution in [2.24, 2.45) is 5.73 Å². The van der Waals surface area contributed by atoms with Gasteiger partial charge in [0, 0.05) is 22.3 Å². The third kappa shape index (κ3) is 2.60. The summed E-state index contributed by atoms with van der Waals surface area (Å²) in [7, 11) is 0. The maximum atomic E-state index is 5.82. The normalized spacial score (nSPS) is 10.5. The number of anilines is 2. The highest BCUT2D eigenvalue weighted by atomic mass is 32.1. The Morgan fingerprint density at radius 1 is 0.857 bits per heavy atom. The second-order valence-electron chi connectivity index (χ2n) is 5.01. The fourth-order valence-corrected chi connectivity index (χ4v) is 2.66. The fraction of sp³-hybridized carbons (Fsp3) is 0.0556. The van der Waals surface area contributed by atoms with E-state index in [1.165, 1.54) is 5.56 Å². The maximum Gasteiger partial charge on any atom is 0.104 e. The van der Waals surface area contributed by atoms with Crippen molar-refractivity contribution in [1.82, 2.24) is 0 Å². The molecule has 0 saturated heterocycles. The lowest BCUT2D eigenvalue weighted by Gasteiger charge is -2.14. The summed E-state index contributed by atoms with van der Waals surface area (Å²) < 4.78 is 0. The molecule has 21 heavy (non-hydrogen) atoms. The zero-order chi connectivity index (χ0) is 14.8. The Morgan fingerprint density at radius 2 is 1.52 bits per heavy atom. The van der Waals surface area contributed by atoms with Gasteiger partial charge in [0.1, 0.15) is 4.99 Å². The fourth-order valence-electron chi connectivity index (χ4n) is 2.48. The molecule has 3 aromatic carbocycles. The molecule has 3 N–H and O–H groups in total. The first-order chi connectivity index (χ1) is 10.2. The van der Waals surface area contributed by atoms with Crippen LogP contribution in [0.2, 0.25) is 0 Å². The molecule has 0 aromatic heterocycles. The third-order valence-electron chi connectivity index (χ3n) is 3.60. The molecule has 0 amide bonds. The highest BCUT2D eigenvalue weighted by molar-refractivity contribution is 7.80. The van der Waals surface area contributed by atoms with Gasteiger partial charge in [-0.15, -0.1) is 0 Å². The quantitative estimate of drug-likeness (QED) is 0.697. The van der Waals surface area contributed by atoms with Crippen LogP contribution in [0.1, 0.15) is 11.1 Å². The van der Waals surface area contributed by atoms with Gasteiger partial charge in [0.05, 0.1) is 0 Å². The van der Waals surface area contributed by atoms with E-state index in [0.29, 0.717) is 4.99 Å². The van der Waals surface area contributed by atoms with E-state index in [9.17, 15) is 0 Å². The largest absolute Gasteiger partial charge is 0.389 e. The molecule has 3 heteroatoms. The van der Waals surface area contributed by atoms with E-state index in [4.69, 9.17) is 18.0 Å². The van der Waals surface area contributed by atoms with Crippen molar-refractivity contribution < 1.29 is 0 Å². The van der Waals surface area contributed by atoms with Crippen molar-refractivity contribution in [1.29, 1.82) is 0 Å². The van der Waals surface area contributed by atoms with E-state index in [1.807, 2.05) is 42.5 Å². The first-order valence-electron chi connectivity index (χ1n) is 6.81. The minimum absolute atomic E-state index is 0.425. The molecule has 0 bridgehead atoms. The third-order valence-corrected chi connectivity index (χ3v) is 3.82. The Kier molecular flexibility index (Phi) is 3.59. The molecule has 0 radical (unpaired) electrons. The van der Waals surface area contributed by atoms with Gasteiger partial charge in [0.15, 0.2) is 0 Å². The van der Waals surface area contributed by atoms with Gasteiger partial charge in [-0.3, -0.25) is 0 Å². The first-order valence-corrected chi connectivity index (χ1v) is 7.22. The molecule has 0 saturated carbocycles. The monoisotopic (exact) mass is 292 g/mol. The molecule has 3 rings (SSSR count). The van der Waals surface area contributed by atoms with Crippen LogP contribution < -0.4 is 11.1 Å². The van der Waals surface area contributed by atoms with E-state index < -0.39 is 0 Å². The number of hydrogen-bond acceptors (Lipinski definition) is 2. The maximum absolute atomic E-state index is 5.82. The number of aryl methyl sites for hydroxylation is 1. The predicted octanol–water partition coefficient (Wildman–Crippen LogP) is 4.53. The van der Waals surface area contributed by atoms with Crippen LogP contribution in [0.25, 0.3) is 10.8 Å². The summed E-state index contributed by atoms with van der Waals surface area (Å²) >= 11 is 5.14. The van der Waals surface area contributed by atoms with E-state index in [1.54, 1.807) is 0 Å². The lowest BCUT2D eigenvalue weighted by molar-refractivity contribution is 1.44. The standard InChI is InChI=1S/C18H16N2S/c1-12-6-2-5-9-16(12)20-17-11-10-15(18(19)21)13-7-3-4-8-14(13)17/h2-11,20H,1H3,(H2,19,21). The van der Waals surface area contributed by atoms with Gasteiger partial charge in [-0.2, -0.15) is 0 Å². The summed E-state index contributed by atoms with van der Waals surface area (Å²) in [5, 5.41) is 5.69. The molecule has 0 fully saturated rings. The summed E-state index contributed by atoms with van der Waals surface area (Å²) in [6, 6.07) is 20.4. The van der Waals surface area contributed by atoms with Crippen molar-refractivity contribution >= 4 is 39.4 Å². The van der Waals surface area contributed by atoms with Gasteiger partial charge in [-0.05, 0) is 36.1 Å². The molecule has 2 nitrogen and oxygen atoms in total. The molecule has 0 spiro atoms. The highest BCUT2D eigenvalue weighted by Crippen LogP contribution is 2.30. The lowest BCUT2D eigenvalue weighted by atomic mass is 10.0. The molecule has 0 aliphatic heterocycles. The number of para-hydroxylation sites is 1. The van der Waals surface area contributed by atoms with Gasteiger partial charge in [-0.1, -0.05) is 54.7 Å². The van der Waals surface area contributed by atoms with Crippen LogP contribution in [-0.2, 0) is 0 Å². The Morgan fingerprint density at radius 3 is 2.24 bits per heavy atom. The molecule has 0 aliphatic carbocycles. The highest BCUT2D eigenvalue weighted by Gasteiger charge is 2.08. The topological polar surface area (TPSA) is 38.0 Å². The summed E-state index contributed by atoms with van der Waals surface area (Å²) in [6.45, 7) is 2.09. The smallest absolute Gasteiger partial charge is 0.104 e. The summed E-state index contributed by atoms with van der Waals surface area (Å²) in [5.74, 6) is 0. The minimum Gasteiger partial charge on any atom is -0.389 e. The number of rotatable bonds is 3. The summed E-state index contributed by atoms with van der Waals surface area (Å²) in [5.41, 5.74) is 10.1. The van der Waals surface area contributed by atoms with Gasteiger partial charge < -0.3 is 11.1 Å². The van der Waals surface area contributed by atoms with Crippen molar-refractivity contribution in [3.8, 4) is 0 Å². The molecule has 104 valence electrons. The summed E-state index contributed by atoms with van der Waals surface area (Å²) in [6.07, 6.45) is 0. The average Bonchev–Trinajstić information content (AvgIpc) is 2.49. The molecule has 3 aromatic rings. The summed E-state index contributed by atoms with van der Waals surface area (Å²) in [4.78, 5) is 0.425. The minimum atomic E-state index is 0.425. The lowest BCUT2D eigenvalue weighted by Crippen LogP contribution is -2.10. The SMILES string of the molecule is Cc1ccccc1Nc1ccc(C(N)=S)c2ccccc12. The van der Waals surface area contributed by atoms with Gasteiger partial charge >= 0.3 is 0 Å². The van der Waals surface area contributed by atoms with Gasteiger partial charge in [0.2, 0.25) is 0 Å². The second-order valence-corrected chi connectivity index (χ2v) is 5.45. The predicted molar refractivity (Wildman–Crippen MR) is 94.3 cm³/mol. The second kappa shape index (κ2) is 5.54. The first kappa shape index (κ1) is 13.6. The van der Waals surface area contributed by atoms with Crippen molar-refractivity contribution in [3.05, 3.63) is 71.8 Å². The van der Waals surface area contributed by atoms with Crippen molar-refractivity contribution in [2.45, 2.75) is 6.92 Å². The van der Waals surface area contributed by atoms with Crippen molar-refractivity contribution in [2.75, 3.05) is 5.32 Å². The molecular weight excluding hydrogens is 276 g/mol. The number of thiocarbonyl (C=S) groups is 1. The van der Waals surface area contributed by atoms with E-state index in [2.05, 4.69) is 30.4 Å². The average molecular weight is 292 g/mol. The molecular formula is C18H16N2S. The van der Waals surface area contributed by atoms with E-state index in [-0.39, 0.29) is 0 Å². The van der Waals surface area contributed by atoms with Gasteiger partial charge in [0.25, 0.3) is 0 Å². The Labute approximate surface area is 129 Å². The molecule has 0 unspecified atom stereocenters. The van der Waals surface area contributed by atoms with Crippen molar-refractivity contribution in [3.63, 3.8) is 0 Å². The Bertz CT molecular complexity index is 824. The Hall–Kier alpha value is -2.39. The molecule has 0 heterocycles. The molecule has 0 aliphatic rings. The van der Waals surface area contributed by atoms with Gasteiger partial charge in [-0.25, -0.2) is 0 Å². The number of hydrogen-bond donors (Lipinski definition) is 2. The zero-order valence-electron chi connectivity index (χ0n) is 11.8. The van der Waals surface area contributed by atoms with Crippen LogP contribution in [0.15, 0.2) is 60.7 Å². The van der Waals surface area contributed by atoms with Crippen LogP contribution >= 0.6 is 12.2 Å². The van der Waals surface area contributed by atoms with Crippen LogP contribution in [0.4, 0.5) is 11.4 Å². The van der Waals surface area contributed by atoms with Crippen LogP contribution in [-0.4, -0.2) is 4.99 Å². The van der Waals surface area contributed by atoms with Crippen LogP contribution in [0.5, 0.6) is 0 Å².